The summed E-state index contributed by atoms with van der Waals surface area (Å²) in [5.74, 6) is -0.375. The lowest BCUT2D eigenvalue weighted by molar-refractivity contribution is -0.136. The number of carbonyl (C=O) groups is 1. The van der Waals surface area contributed by atoms with Gasteiger partial charge in [-0.15, -0.1) is 0 Å². The van der Waals surface area contributed by atoms with E-state index in [4.69, 9.17) is 4.74 Å². The zero-order chi connectivity index (χ0) is 10.5. The Morgan fingerprint density at radius 1 is 1.54 bits per heavy atom. The topological polar surface area (TPSA) is 58.6 Å². The van der Waals surface area contributed by atoms with E-state index in [1.807, 2.05) is 13.8 Å². The van der Waals surface area contributed by atoms with E-state index in [2.05, 4.69) is 5.32 Å². The lowest BCUT2D eigenvalue weighted by atomic mass is 10.1. The number of aliphatic hydroxyl groups is 1. The van der Waals surface area contributed by atoms with Gasteiger partial charge >= 0.3 is 0 Å². The van der Waals surface area contributed by atoms with E-state index in [1.165, 1.54) is 13.8 Å². The van der Waals surface area contributed by atoms with Crippen LogP contribution in [0.25, 0.3) is 0 Å². The molecule has 0 aliphatic heterocycles. The van der Waals surface area contributed by atoms with Gasteiger partial charge in [-0.25, -0.2) is 0 Å². The summed E-state index contributed by atoms with van der Waals surface area (Å²) in [6.07, 6.45) is 0.166. The number of nitrogens with one attached hydrogen (secondary N) is 1. The Kier molecular flexibility index (Phi) is 4.95. The standard InChI is InChI=1S/C9H19NO3/c1-7(2)13-6-5-10-8(11)9(3,4)12/h7,12H,5-6H2,1-4H3,(H,10,11). The fourth-order valence-corrected chi connectivity index (χ4v) is 0.675. The van der Waals surface area contributed by atoms with E-state index >= 15 is 0 Å². The minimum Gasteiger partial charge on any atom is -0.381 e. The first-order chi connectivity index (χ1) is 5.84. The first-order valence-corrected chi connectivity index (χ1v) is 4.46. The summed E-state index contributed by atoms with van der Waals surface area (Å²) in [7, 11) is 0. The van der Waals surface area contributed by atoms with E-state index in [0.717, 1.165) is 0 Å². The maximum Gasteiger partial charge on any atom is 0.251 e. The van der Waals surface area contributed by atoms with E-state index in [1.54, 1.807) is 0 Å². The molecule has 0 spiro atoms. The summed E-state index contributed by atoms with van der Waals surface area (Å²) in [6.45, 7) is 7.66. The van der Waals surface area contributed by atoms with Crippen LogP contribution in [-0.2, 0) is 9.53 Å². The monoisotopic (exact) mass is 189 g/mol. The van der Waals surface area contributed by atoms with Crippen LogP contribution in [0.2, 0.25) is 0 Å². The average Bonchev–Trinajstić information content (AvgIpc) is 1.95. The summed E-state index contributed by atoms with van der Waals surface area (Å²) < 4.78 is 5.21. The second-order valence-electron chi connectivity index (χ2n) is 3.73. The SMILES string of the molecule is CC(C)OCCNC(=O)C(C)(C)O. The molecule has 0 saturated heterocycles. The summed E-state index contributed by atoms with van der Waals surface area (Å²) in [6, 6.07) is 0. The molecule has 0 radical (unpaired) electrons. The molecule has 0 rings (SSSR count). The molecule has 2 N–H and O–H groups in total. The molecule has 0 aliphatic rings. The van der Waals surface area contributed by atoms with Crippen LogP contribution < -0.4 is 5.32 Å². The molecule has 0 aromatic heterocycles. The van der Waals surface area contributed by atoms with Gasteiger partial charge < -0.3 is 15.2 Å². The third-order valence-corrected chi connectivity index (χ3v) is 1.39. The van der Waals surface area contributed by atoms with Crippen LogP contribution in [0.1, 0.15) is 27.7 Å². The van der Waals surface area contributed by atoms with Gasteiger partial charge in [-0.3, -0.25) is 4.79 Å². The molecule has 0 aromatic carbocycles. The number of carbonyl (C=O) groups excluding carboxylic acids is 1. The molecule has 0 saturated carbocycles. The molecular formula is C9H19NO3. The molecule has 4 nitrogen and oxygen atoms in total. The minimum absolute atomic E-state index is 0.166. The van der Waals surface area contributed by atoms with E-state index < -0.39 is 5.60 Å². The van der Waals surface area contributed by atoms with Crippen molar-refractivity contribution in [2.45, 2.75) is 39.4 Å². The third-order valence-electron chi connectivity index (χ3n) is 1.39. The van der Waals surface area contributed by atoms with Crippen molar-refractivity contribution >= 4 is 5.91 Å². The summed E-state index contributed by atoms with van der Waals surface area (Å²) in [5.41, 5.74) is -1.31. The third kappa shape index (κ3) is 6.54. The molecular weight excluding hydrogens is 170 g/mol. The van der Waals surface area contributed by atoms with E-state index in [0.29, 0.717) is 13.2 Å². The van der Waals surface area contributed by atoms with Crippen LogP contribution in [0.15, 0.2) is 0 Å². The lowest BCUT2D eigenvalue weighted by Gasteiger charge is -2.16. The lowest BCUT2D eigenvalue weighted by Crippen LogP contribution is -2.43. The van der Waals surface area contributed by atoms with Crippen LogP contribution in [0, 0.1) is 0 Å². The zero-order valence-corrected chi connectivity index (χ0v) is 8.76. The highest BCUT2D eigenvalue weighted by Crippen LogP contribution is 1.99. The maximum absolute atomic E-state index is 11.1. The van der Waals surface area contributed by atoms with Crippen molar-refractivity contribution in [1.29, 1.82) is 0 Å². The Morgan fingerprint density at radius 2 is 2.08 bits per heavy atom. The van der Waals surface area contributed by atoms with Crippen molar-refractivity contribution < 1.29 is 14.6 Å². The second kappa shape index (κ2) is 5.19. The minimum atomic E-state index is -1.31. The van der Waals surface area contributed by atoms with Gasteiger partial charge in [0, 0.05) is 6.54 Å². The molecule has 0 aliphatic carbocycles. The van der Waals surface area contributed by atoms with Crippen molar-refractivity contribution in [2.75, 3.05) is 13.2 Å². The van der Waals surface area contributed by atoms with Crippen LogP contribution in [-0.4, -0.2) is 35.9 Å². The number of ether oxygens (including phenoxy) is 1. The van der Waals surface area contributed by atoms with Gasteiger partial charge in [0.1, 0.15) is 5.60 Å². The number of hydrogen-bond acceptors (Lipinski definition) is 3. The summed E-state index contributed by atoms with van der Waals surface area (Å²) in [5, 5.41) is 11.8. The van der Waals surface area contributed by atoms with Gasteiger partial charge in [-0.05, 0) is 27.7 Å². The molecule has 0 unspecified atom stereocenters. The van der Waals surface area contributed by atoms with Crippen molar-refractivity contribution in [1.82, 2.24) is 5.32 Å². The smallest absolute Gasteiger partial charge is 0.251 e. The highest BCUT2D eigenvalue weighted by atomic mass is 16.5. The molecule has 0 heterocycles. The highest BCUT2D eigenvalue weighted by Gasteiger charge is 2.22. The van der Waals surface area contributed by atoms with Crippen LogP contribution >= 0.6 is 0 Å². The van der Waals surface area contributed by atoms with Crippen molar-refractivity contribution in [2.24, 2.45) is 0 Å². The normalized spacial score (nSPS) is 11.8. The fraction of sp³-hybridized carbons (Fsp3) is 0.889. The molecule has 0 fully saturated rings. The second-order valence-corrected chi connectivity index (χ2v) is 3.73. The highest BCUT2D eigenvalue weighted by molar-refractivity contribution is 5.83. The molecule has 13 heavy (non-hydrogen) atoms. The van der Waals surface area contributed by atoms with E-state index in [-0.39, 0.29) is 12.0 Å². The number of rotatable bonds is 5. The largest absolute Gasteiger partial charge is 0.381 e. The Balaban J connectivity index is 3.49. The maximum atomic E-state index is 11.1. The predicted molar refractivity (Wildman–Crippen MR) is 50.4 cm³/mol. The molecule has 1 amide bonds. The van der Waals surface area contributed by atoms with Crippen LogP contribution in [0.4, 0.5) is 0 Å². The molecule has 0 aromatic rings. The first-order valence-electron chi connectivity index (χ1n) is 4.46. The Labute approximate surface area is 79.3 Å². The van der Waals surface area contributed by atoms with Gasteiger partial charge in [0.2, 0.25) is 0 Å². The number of amides is 1. The van der Waals surface area contributed by atoms with Gasteiger partial charge in [0.25, 0.3) is 5.91 Å². The van der Waals surface area contributed by atoms with E-state index in [9.17, 15) is 9.90 Å². The molecule has 4 heteroatoms. The van der Waals surface area contributed by atoms with Gasteiger partial charge in [0.05, 0.1) is 12.7 Å². The van der Waals surface area contributed by atoms with Gasteiger partial charge in [0.15, 0.2) is 0 Å². The predicted octanol–water partition coefficient (Wildman–Crippen LogP) is 0.298. The Bertz CT molecular complexity index is 161. The Morgan fingerprint density at radius 3 is 2.46 bits per heavy atom. The van der Waals surface area contributed by atoms with Crippen molar-refractivity contribution in [3.63, 3.8) is 0 Å². The number of hydrogen-bond donors (Lipinski definition) is 2. The van der Waals surface area contributed by atoms with Crippen LogP contribution in [0.3, 0.4) is 0 Å². The summed E-state index contributed by atoms with van der Waals surface area (Å²) >= 11 is 0. The zero-order valence-electron chi connectivity index (χ0n) is 8.76. The quantitative estimate of drug-likeness (QED) is 0.611. The fourth-order valence-electron chi connectivity index (χ4n) is 0.675. The van der Waals surface area contributed by atoms with Crippen LogP contribution in [0.5, 0.6) is 0 Å². The molecule has 78 valence electrons. The Hall–Kier alpha value is -0.610. The van der Waals surface area contributed by atoms with Crippen molar-refractivity contribution in [3.05, 3.63) is 0 Å². The molecule has 0 bridgehead atoms. The van der Waals surface area contributed by atoms with Gasteiger partial charge in [-0.2, -0.15) is 0 Å². The average molecular weight is 189 g/mol. The molecule has 0 atom stereocenters. The van der Waals surface area contributed by atoms with Gasteiger partial charge in [-0.1, -0.05) is 0 Å². The van der Waals surface area contributed by atoms with Crippen molar-refractivity contribution in [3.8, 4) is 0 Å². The summed E-state index contributed by atoms with van der Waals surface area (Å²) in [4.78, 5) is 11.1. The first kappa shape index (κ1) is 12.4.